The number of hydrogen-bond donors (Lipinski definition) is 1. The lowest BCUT2D eigenvalue weighted by Gasteiger charge is -2.08. The van der Waals surface area contributed by atoms with Gasteiger partial charge in [0.1, 0.15) is 10.3 Å². The molecule has 0 aliphatic rings. The quantitative estimate of drug-likeness (QED) is 0.647. The molecule has 0 fully saturated rings. The van der Waals surface area contributed by atoms with Crippen molar-refractivity contribution in [2.45, 2.75) is 23.6 Å². The van der Waals surface area contributed by atoms with Crippen LogP contribution in [-0.4, -0.2) is 30.9 Å². The molecule has 1 unspecified atom stereocenters. The van der Waals surface area contributed by atoms with Gasteiger partial charge in [0.15, 0.2) is 5.65 Å². The maximum atomic E-state index is 10.9. The molecule has 2 heterocycles. The number of carbonyl (C=O) groups is 1. The minimum absolute atomic E-state index is 0.446. The third-order valence-corrected chi connectivity index (χ3v) is 3.43. The SMILES string of the molecule is CCC(Sc1ccn2nccc2n1)C(=O)O. The van der Waals surface area contributed by atoms with Crippen molar-refractivity contribution in [1.29, 1.82) is 0 Å². The molecule has 6 heteroatoms. The zero-order chi connectivity index (χ0) is 11.5. The van der Waals surface area contributed by atoms with Gasteiger partial charge >= 0.3 is 5.97 Å². The molecule has 0 saturated heterocycles. The summed E-state index contributed by atoms with van der Waals surface area (Å²) in [5, 5.41) is 13.2. The zero-order valence-electron chi connectivity index (χ0n) is 8.70. The summed E-state index contributed by atoms with van der Waals surface area (Å²) in [4.78, 5) is 15.2. The maximum absolute atomic E-state index is 10.9. The zero-order valence-corrected chi connectivity index (χ0v) is 9.52. The van der Waals surface area contributed by atoms with Crippen molar-refractivity contribution in [3.63, 3.8) is 0 Å². The van der Waals surface area contributed by atoms with Crippen LogP contribution in [-0.2, 0) is 4.79 Å². The lowest BCUT2D eigenvalue weighted by atomic mass is 10.3. The average Bonchev–Trinajstić information content (AvgIpc) is 2.72. The van der Waals surface area contributed by atoms with Gasteiger partial charge in [-0.3, -0.25) is 4.79 Å². The van der Waals surface area contributed by atoms with E-state index in [1.165, 1.54) is 11.8 Å². The average molecular weight is 237 g/mol. The van der Waals surface area contributed by atoms with Crippen molar-refractivity contribution in [1.82, 2.24) is 14.6 Å². The maximum Gasteiger partial charge on any atom is 0.317 e. The second kappa shape index (κ2) is 4.52. The minimum atomic E-state index is -0.803. The fraction of sp³-hybridized carbons (Fsp3) is 0.300. The molecule has 2 aromatic rings. The molecule has 0 saturated carbocycles. The predicted molar refractivity (Wildman–Crippen MR) is 60.6 cm³/mol. The molecular weight excluding hydrogens is 226 g/mol. The fourth-order valence-corrected chi connectivity index (χ4v) is 2.16. The van der Waals surface area contributed by atoms with Gasteiger partial charge in [0.25, 0.3) is 0 Å². The number of hydrogen-bond acceptors (Lipinski definition) is 4. The lowest BCUT2D eigenvalue weighted by Crippen LogP contribution is -2.15. The summed E-state index contributed by atoms with van der Waals surface area (Å²) in [6.07, 6.45) is 4.01. The van der Waals surface area contributed by atoms with E-state index in [9.17, 15) is 4.79 Å². The molecular formula is C10H11N3O2S. The molecule has 0 bridgehead atoms. The van der Waals surface area contributed by atoms with Crippen LogP contribution in [0.5, 0.6) is 0 Å². The van der Waals surface area contributed by atoms with E-state index in [-0.39, 0.29) is 0 Å². The molecule has 0 aliphatic heterocycles. The van der Waals surface area contributed by atoms with Crippen LogP contribution in [0.1, 0.15) is 13.3 Å². The van der Waals surface area contributed by atoms with Crippen molar-refractivity contribution < 1.29 is 9.90 Å². The summed E-state index contributed by atoms with van der Waals surface area (Å²) >= 11 is 1.26. The van der Waals surface area contributed by atoms with Gasteiger partial charge in [-0.1, -0.05) is 18.7 Å². The first-order chi connectivity index (χ1) is 7.70. The highest BCUT2D eigenvalue weighted by Crippen LogP contribution is 2.23. The van der Waals surface area contributed by atoms with E-state index in [4.69, 9.17) is 5.11 Å². The molecule has 1 N–H and O–H groups in total. The van der Waals surface area contributed by atoms with Crippen molar-refractivity contribution in [3.05, 3.63) is 24.5 Å². The molecule has 16 heavy (non-hydrogen) atoms. The van der Waals surface area contributed by atoms with Crippen molar-refractivity contribution in [3.8, 4) is 0 Å². The van der Waals surface area contributed by atoms with Crippen LogP contribution in [0.2, 0.25) is 0 Å². The van der Waals surface area contributed by atoms with E-state index in [0.29, 0.717) is 11.4 Å². The van der Waals surface area contributed by atoms with Crippen LogP contribution in [0.4, 0.5) is 0 Å². The highest BCUT2D eigenvalue weighted by atomic mass is 32.2. The Morgan fingerprint density at radius 2 is 2.44 bits per heavy atom. The van der Waals surface area contributed by atoms with E-state index < -0.39 is 11.2 Å². The summed E-state index contributed by atoms with van der Waals surface area (Å²) in [5.74, 6) is -0.803. The minimum Gasteiger partial charge on any atom is -0.480 e. The summed E-state index contributed by atoms with van der Waals surface area (Å²) in [6, 6.07) is 3.56. The number of aliphatic carboxylic acids is 1. The van der Waals surface area contributed by atoms with Crippen molar-refractivity contribution in [2.24, 2.45) is 0 Å². The molecule has 5 nitrogen and oxygen atoms in total. The molecule has 0 radical (unpaired) electrons. The summed E-state index contributed by atoms with van der Waals surface area (Å²) in [7, 11) is 0. The Morgan fingerprint density at radius 3 is 3.12 bits per heavy atom. The van der Waals surface area contributed by atoms with E-state index in [1.54, 1.807) is 29.0 Å². The van der Waals surface area contributed by atoms with Crippen LogP contribution in [0.15, 0.2) is 29.6 Å². The Balaban J connectivity index is 2.23. The first kappa shape index (κ1) is 10.9. The molecule has 0 aliphatic carbocycles. The largest absolute Gasteiger partial charge is 0.480 e. The number of fused-ring (bicyclic) bond motifs is 1. The van der Waals surface area contributed by atoms with Crippen LogP contribution in [0.25, 0.3) is 5.65 Å². The summed E-state index contributed by atoms with van der Waals surface area (Å²) in [6.45, 7) is 1.85. The molecule has 0 aromatic carbocycles. The topological polar surface area (TPSA) is 67.5 Å². The fourth-order valence-electron chi connectivity index (χ4n) is 1.31. The van der Waals surface area contributed by atoms with Gasteiger partial charge < -0.3 is 5.11 Å². The van der Waals surface area contributed by atoms with Crippen molar-refractivity contribution >= 4 is 23.4 Å². The first-order valence-corrected chi connectivity index (χ1v) is 5.78. The van der Waals surface area contributed by atoms with Gasteiger partial charge in [0.2, 0.25) is 0 Å². The summed E-state index contributed by atoms with van der Waals surface area (Å²) < 4.78 is 1.64. The molecule has 0 amide bonds. The van der Waals surface area contributed by atoms with Crippen LogP contribution >= 0.6 is 11.8 Å². The van der Waals surface area contributed by atoms with Gasteiger partial charge in [-0.15, -0.1) is 0 Å². The Morgan fingerprint density at radius 1 is 1.62 bits per heavy atom. The molecule has 2 rings (SSSR count). The number of carboxylic acids is 1. The highest BCUT2D eigenvalue weighted by Gasteiger charge is 2.17. The Hall–Kier alpha value is -1.56. The van der Waals surface area contributed by atoms with Crippen LogP contribution < -0.4 is 0 Å². The van der Waals surface area contributed by atoms with E-state index in [0.717, 1.165) is 5.65 Å². The second-order valence-corrected chi connectivity index (χ2v) is 4.48. The number of rotatable bonds is 4. The lowest BCUT2D eigenvalue weighted by molar-refractivity contribution is -0.136. The van der Waals surface area contributed by atoms with Crippen LogP contribution in [0.3, 0.4) is 0 Å². The van der Waals surface area contributed by atoms with Gasteiger partial charge in [0, 0.05) is 12.3 Å². The van der Waals surface area contributed by atoms with E-state index >= 15 is 0 Å². The smallest absolute Gasteiger partial charge is 0.317 e. The number of nitrogens with zero attached hydrogens (tertiary/aromatic N) is 3. The van der Waals surface area contributed by atoms with E-state index in [2.05, 4.69) is 10.1 Å². The van der Waals surface area contributed by atoms with Gasteiger partial charge in [-0.2, -0.15) is 5.10 Å². The Bertz CT molecular complexity index is 511. The van der Waals surface area contributed by atoms with Crippen LogP contribution in [0, 0.1) is 0 Å². The Labute approximate surface area is 96.5 Å². The van der Waals surface area contributed by atoms with E-state index in [1.807, 2.05) is 6.92 Å². The highest BCUT2D eigenvalue weighted by molar-refractivity contribution is 8.00. The first-order valence-electron chi connectivity index (χ1n) is 4.90. The third-order valence-electron chi connectivity index (χ3n) is 2.14. The van der Waals surface area contributed by atoms with Gasteiger partial charge in [-0.25, -0.2) is 9.50 Å². The predicted octanol–water partition coefficient (Wildman–Crippen LogP) is 1.68. The van der Waals surface area contributed by atoms with Gasteiger partial charge in [0.05, 0.1) is 6.20 Å². The Kier molecular flexibility index (Phi) is 3.09. The number of carboxylic acid groups (broad SMARTS) is 1. The summed E-state index contributed by atoms with van der Waals surface area (Å²) in [5.41, 5.74) is 0.727. The number of thioether (sulfide) groups is 1. The standard InChI is InChI=1S/C10H11N3O2S/c1-2-7(10(14)15)16-9-4-6-13-8(12-9)3-5-11-13/h3-7H,2H2,1H3,(H,14,15). The molecule has 0 spiro atoms. The molecule has 1 atom stereocenters. The monoisotopic (exact) mass is 237 g/mol. The van der Waals surface area contributed by atoms with Gasteiger partial charge in [-0.05, 0) is 12.5 Å². The third kappa shape index (κ3) is 2.16. The van der Waals surface area contributed by atoms with Crippen molar-refractivity contribution in [2.75, 3.05) is 0 Å². The number of aromatic nitrogens is 3. The normalized spacial score (nSPS) is 12.8. The molecule has 84 valence electrons. The molecule has 2 aromatic heterocycles. The second-order valence-electron chi connectivity index (χ2n) is 3.25.